The van der Waals surface area contributed by atoms with Gasteiger partial charge in [-0.05, 0) is 80.2 Å². The molecule has 3 heterocycles. The Morgan fingerprint density at radius 1 is 1.17 bits per heavy atom. The van der Waals surface area contributed by atoms with Gasteiger partial charge >= 0.3 is 0 Å². The van der Waals surface area contributed by atoms with Gasteiger partial charge in [0.05, 0.1) is 10.2 Å². The average molecular weight is 510 g/mol. The average Bonchev–Trinajstić information content (AvgIpc) is 3.41. The van der Waals surface area contributed by atoms with E-state index in [0.29, 0.717) is 18.2 Å². The summed E-state index contributed by atoms with van der Waals surface area (Å²) in [4.78, 5) is 28.7. The molecule has 2 fully saturated rings. The lowest BCUT2D eigenvalue weighted by atomic mass is 9.84. The third-order valence-corrected chi connectivity index (χ3v) is 8.44. The van der Waals surface area contributed by atoms with Crippen molar-refractivity contribution in [1.29, 1.82) is 0 Å². The van der Waals surface area contributed by atoms with E-state index >= 15 is 0 Å². The van der Waals surface area contributed by atoms with Crippen molar-refractivity contribution in [2.75, 3.05) is 18.6 Å². The smallest absolute Gasteiger partial charge is 0.268 e. The first-order valence-electron chi connectivity index (χ1n) is 13.0. The van der Waals surface area contributed by atoms with Gasteiger partial charge in [-0.2, -0.15) is 0 Å². The number of hydrogen-bond acceptors (Lipinski definition) is 5. The third kappa shape index (κ3) is 5.08. The van der Waals surface area contributed by atoms with Gasteiger partial charge in [-0.15, -0.1) is 11.3 Å². The minimum atomic E-state index is -0.108. The monoisotopic (exact) mass is 509 g/mol. The molecule has 0 radical (unpaired) electrons. The second-order valence-corrected chi connectivity index (χ2v) is 10.7. The summed E-state index contributed by atoms with van der Waals surface area (Å²) in [6.45, 7) is 4.78. The first kappa shape index (κ1) is 25.0. The lowest BCUT2D eigenvalue weighted by Gasteiger charge is -2.28. The number of aryl methyl sites for hydroxylation is 1. The molecule has 2 unspecified atom stereocenters. The maximum Gasteiger partial charge on any atom is 0.268 e. The van der Waals surface area contributed by atoms with Gasteiger partial charge in [0.15, 0.2) is 6.29 Å². The van der Waals surface area contributed by atoms with Gasteiger partial charge in [-0.25, -0.2) is 0 Å². The molecule has 0 spiro atoms. The van der Waals surface area contributed by atoms with Crippen molar-refractivity contribution in [1.82, 2.24) is 9.88 Å². The Labute approximate surface area is 216 Å². The highest BCUT2D eigenvalue weighted by molar-refractivity contribution is 7.17. The van der Waals surface area contributed by atoms with Crippen LogP contribution in [0.5, 0.6) is 0 Å². The summed E-state index contributed by atoms with van der Waals surface area (Å²) in [6, 6.07) is 12.2. The molecule has 2 atom stereocenters. The number of nitrogens with zero attached hydrogens (tertiary/aromatic N) is 2. The molecule has 2 aliphatic rings. The second-order valence-electron chi connectivity index (χ2n) is 9.74. The van der Waals surface area contributed by atoms with Crippen LogP contribution in [0.1, 0.15) is 55.6 Å². The van der Waals surface area contributed by atoms with Crippen LogP contribution < -0.4 is 10.2 Å². The predicted octanol–water partition coefficient (Wildman–Crippen LogP) is 4.98. The second kappa shape index (κ2) is 10.7. The molecule has 1 aromatic carbocycles. The Morgan fingerprint density at radius 2 is 1.97 bits per heavy atom. The fourth-order valence-corrected chi connectivity index (χ4v) is 6.31. The minimum absolute atomic E-state index is 0.0267. The normalized spacial score (nSPS) is 23.5. The Bertz CT molecular complexity index is 1230. The lowest BCUT2D eigenvalue weighted by molar-refractivity contribution is -0.119. The quantitative estimate of drug-likeness (QED) is 0.413. The number of carbonyl (C=O) groups is 2. The number of hydrogen-bond donors (Lipinski definition) is 1. The molecule has 1 saturated carbocycles. The predicted molar refractivity (Wildman–Crippen MR) is 143 cm³/mol. The number of fused-ring (bicyclic) bond motifs is 1. The fourth-order valence-electron chi connectivity index (χ4n) is 5.49. The minimum Gasteiger partial charge on any atom is -0.353 e. The topological polar surface area (TPSA) is 76.1 Å². The van der Waals surface area contributed by atoms with Crippen LogP contribution in [0.4, 0.5) is 5.69 Å². The zero-order chi connectivity index (χ0) is 25.2. The van der Waals surface area contributed by atoms with Gasteiger partial charge < -0.3 is 24.3 Å². The van der Waals surface area contributed by atoms with Crippen molar-refractivity contribution < 1.29 is 19.1 Å². The number of methoxy groups -OCH3 is 1. The summed E-state index contributed by atoms with van der Waals surface area (Å²) < 4.78 is 13.8. The number of carbonyl (C=O) groups excluding carboxylic acids is 2. The number of epoxide rings is 1. The molecule has 36 heavy (non-hydrogen) atoms. The van der Waals surface area contributed by atoms with E-state index in [4.69, 9.17) is 9.47 Å². The number of likely N-dealkylation sites (N-methyl/N-ethyl adjacent to an activating group) is 1. The highest BCUT2D eigenvalue weighted by Gasteiger charge is 2.46. The van der Waals surface area contributed by atoms with Crippen LogP contribution in [-0.2, 0) is 27.2 Å². The maximum absolute atomic E-state index is 13.5. The van der Waals surface area contributed by atoms with E-state index in [-0.39, 0.29) is 36.8 Å². The van der Waals surface area contributed by atoms with Gasteiger partial charge in [-0.3, -0.25) is 9.59 Å². The van der Waals surface area contributed by atoms with Gasteiger partial charge in [-0.1, -0.05) is 19.1 Å². The van der Waals surface area contributed by atoms with Crippen LogP contribution >= 0.6 is 11.3 Å². The summed E-state index contributed by atoms with van der Waals surface area (Å²) in [5, 5.41) is 5.25. The largest absolute Gasteiger partial charge is 0.353 e. The maximum atomic E-state index is 13.5. The molecule has 8 heteroatoms. The van der Waals surface area contributed by atoms with E-state index in [0.717, 1.165) is 48.0 Å². The number of ether oxygens (including phenoxy) is 2. The Hall–Kier alpha value is -2.68. The molecule has 2 aromatic heterocycles. The number of amides is 2. The van der Waals surface area contributed by atoms with Crippen LogP contribution in [0.15, 0.2) is 41.8 Å². The number of nitrogens with one attached hydrogen (secondary N) is 1. The molecular weight excluding hydrogens is 474 g/mol. The first-order chi connectivity index (χ1) is 17.5. The molecule has 1 aliphatic heterocycles. The van der Waals surface area contributed by atoms with Gasteiger partial charge in [0.2, 0.25) is 5.91 Å². The summed E-state index contributed by atoms with van der Waals surface area (Å²) in [6.07, 6.45) is 4.97. The van der Waals surface area contributed by atoms with Crippen molar-refractivity contribution in [3.8, 4) is 0 Å². The molecule has 2 amide bonds. The zero-order valence-electron chi connectivity index (χ0n) is 21.2. The van der Waals surface area contributed by atoms with Crippen LogP contribution in [-0.4, -0.2) is 48.5 Å². The van der Waals surface area contributed by atoms with E-state index < -0.39 is 0 Å². The molecule has 192 valence electrons. The van der Waals surface area contributed by atoms with Crippen molar-refractivity contribution in [2.24, 2.45) is 5.92 Å². The lowest BCUT2D eigenvalue weighted by Crippen LogP contribution is -2.40. The molecule has 1 saturated heterocycles. The van der Waals surface area contributed by atoms with E-state index in [1.165, 1.54) is 5.56 Å². The highest BCUT2D eigenvalue weighted by atomic mass is 32.1. The van der Waals surface area contributed by atoms with Gasteiger partial charge in [0, 0.05) is 25.4 Å². The van der Waals surface area contributed by atoms with Gasteiger partial charge in [0.25, 0.3) is 5.91 Å². The molecule has 3 aromatic rings. The Morgan fingerprint density at radius 3 is 2.67 bits per heavy atom. The number of rotatable bonds is 9. The molecule has 1 N–H and O–H groups in total. The zero-order valence-corrected chi connectivity index (χ0v) is 22.1. The molecule has 0 bridgehead atoms. The van der Waals surface area contributed by atoms with Crippen LogP contribution in [0, 0.1) is 5.92 Å². The van der Waals surface area contributed by atoms with E-state index in [1.807, 2.05) is 41.1 Å². The summed E-state index contributed by atoms with van der Waals surface area (Å²) in [7, 11) is 1.68. The van der Waals surface area contributed by atoms with Crippen molar-refractivity contribution in [3.05, 3.63) is 53.0 Å². The van der Waals surface area contributed by atoms with Crippen molar-refractivity contribution >= 4 is 39.1 Å². The van der Waals surface area contributed by atoms with Crippen molar-refractivity contribution in [2.45, 2.75) is 70.9 Å². The Kier molecular flexibility index (Phi) is 7.46. The SMILES string of the molecule is CCc1cccc(N(CC)C(=O)Cn2c(C(=O)NC3CCC(C4OC4OC)CC3)cc3sccc32)c1. The summed E-state index contributed by atoms with van der Waals surface area (Å²) >= 11 is 1.59. The molecular formula is C28H35N3O4S. The summed E-state index contributed by atoms with van der Waals surface area (Å²) in [5.41, 5.74) is 3.57. The van der Waals surface area contributed by atoms with E-state index in [2.05, 4.69) is 24.4 Å². The fraction of sp³-hybridized carbons (Fsp3) is 0.500. The first-order valence-corrected chi connectivity index (χ1v) is 13.9. The number of thiophene rings is 1. The Balaban J connectivity index is 1.29. The molecule has 5 rings (SSSR count). The van der Waals surface area contributed by atoms with Crippen LogP contribution in [0.3, 0.4) is 0 Å². The number of anilines is 1. The van der Waals surface area contributed by atoms with Crippen molar-refractivity contribution in [3.63, 3.8) is 0 Å². The van der Waals surface area contributed by atoms with Crippen LogP contribution in [0.2, 0.25) is 0 Å². The van der Waals surface area contributed by atoms with E-state index in [9.17, 15) is 9.59 Å². The third-order valence-electron chi connectivity index (χ3n) is 7.58. The highest BCUT2D eigenvalue weighted by Crippen LogP contribution is 2.38. The number of benzene rings is 1. The van der Waals surface area contributed by atoms with Crippen LogP contribution in [0.25, 0.3) is 10.2 Å². The number of aromatic nitrogens is 1. The summed E-state index contributed by atoms with van der Waals surface area (Å²) in [5.74, 6) is 0.366. The standard InChI is InChI=1S/C28H35N3O4S/c1-4-18-7-6-8-21(15-18)30(5-2)25(32)17-31-22-13-14-36-24(22)16-23(31)27(33)29-20-11-9-19(10-12-20)26-28(34-3)35-26/h6-8,13-16,19-20,26,28H,4-5,9-12,17H2,1-3H3,(H,29,33). The van der Waals surface area contributed by atoms with Gasteiger partial charge in [0.1, 0.15) is 18.3 Å². The molecule has 7 nitrogen and oxygen atoms in total. The van der Waals surface area contributed by atoms with E-state index in [1.54, 1.807) is 23.3 Å². The molecule has 1 aliphatic carbocycles.